The molecule has 3 rings (SSSR count). The zero-order chi connectivity index (χ0) is 11.1. The van der Waals surface area contributed by atoms with Crippen molar-refractivity contribution in [2.24, 2.45) is 5.73 Å². The number of rotatable bonds is 0. The van der Waals surface area contributed by atoms with Crippen LogP contribution in [0, 0.1) is 0 Å². The smallest absolute Gasteiger partial charge is 0.0988 e. The molecule has 80 valence electrons. The lowest BCUT2D eigenvalue weighted by Crippen LogP contribution is -2.24. The van der Waals surface area contributed by atoms with E-state index in [-0.39, 0.29) is 6.04 Å². The van der Waals surface area contributed by atoms with Gasteiger partial charge in [0.25, 0.3) is 0 Å². The Hall–Kier alpha value is -1.64. The Morgan fingerprint density at radius 1 is 0.812 bits per heavy atom. The van der Waals surface area contributed by atoms with Crippen LogP contribution in [0.5, 0.6) is 0 Å². The highest BCUT2D eigenvalue weighted by molar-refractivity contribution is 5.74. The fourth-order valence-corrected chi connectivity index (χ4v) is 2.40. The molecule has 0 amide bonds. The molecule has 0 fully saturated rings. The summed E-state index contributed by atoms with van der Waals surface area (Å²) in [7, 11) is 0. The van der Waals surface area contributed by atoms with Gasteiger partial charge < -0.3 is 10.8 Å². The van der Waals surface area contributed by atoms with Crippen LogP contribution in [0.25, 0.3) is 11.1 Å². The molecule has 2 nitrogen and oxygen atoms in total. The van der Waals surface area contributed by atoms with Crippen LogP contribution in [0.4, 0.5) is 0 Å². The summed E-state index contributed by atoms with van der Waals surface area (Å²) in [6, 6.07) is 15.6. The zero-order valence-corrected chi connectivity index (χ0v) is 8.80. The van der Waals surface area contributed by atoms with Gasteiger partial charge in [-0.3, -0.25) is 0 Å². The second-order valence-electron chi connectivity index (χ2n) is 4.15. The molecule has 16 heavy (non-hydrogen) atoms. The van der Waals surface area contributed by atoms with E-state index < -0.39 is 6.10 Å². The lowest BCUT2D eigenvalue weighted by atomic mass is 9.81. The van der Waals surface area contributed by atoms with E-state index in [1.807, 2.05) is 42.5 Å². The first-order valence-corrected chi connectivity index (χ1v) is 5.41. The van der Waals surface area contributed by atoms with E-state index in [0.717, 1.165) is 22.3 Å². The van der Waals surface area contributed by atoms with Crippen molar-refractivity contribution in [3.8, 4) is 11.1 Å². The van der Waals surface area contributed by atoms with Crippen molar-refractivity contribution in [3.05, 3.63) is 59.7 Å². The lowest BCUT2D eigenvalue weighted by molar-refractivity contribution is 0.145. The maximum atomic E-state index is 10.2. The Labute approximate surface area is 94.3 Å². The number of fused-ring (bicyclic) bond motifs is 3. The van der Waals surface area contributed by atoms with Crippen molar-refractivity contribution < 1.29 is 5.11 Å². The van der Waals surface area contributed by atoms with Crippen LogP contribution >= 0.6 is 0 Å². The number of benzene rings is 2. The van der Waals surface area contributed by atoms with Crippen LogP contribution in [0.3, 0.4) is 0 Å². The average molecular weight is 211 g/mol. The SMILES string of the molecule is N[C@@H]1c2ccccc2-c2ccccc2[C@H]1O. The summed E-state index contributed by atoms with van der Waals surface area (Å²) >= 11 is 0. The van der Waals surface area contributed by atoms with Gasteiger partial charge in [0.15, 0.2) is 0 Å². The monoisotopic (exact) mass is 211 g/mol. The molecule has 0 saturated carbocycles. The molecule has 0 unspecified atom stereocenters. The Morgan fingerprint density at radius 3 is 2.00 bits per heavy atom. The largest absolute Gasteiger partial charge is 0.386 e. The number of hydrogen-bond donors (Lipinski definition) is 2. The van der Waals surface area contributed by atoms with Crippen LogP contribution in [0.1, 0.15) is 23.3 Å². The normalized spacial score (nSPS) is 22.4. The van der Waals surface area contributed by atoms with Crippen molar-refractivity contribution in [1.29, 1.82) is 0 Å². The second-order valence-corrected chi connectivity index (χ2v) is 4.15. The highest BCUT2D eigenvalue weighted by atomic mass is 16.3. The van der Waals surface area contributed by atoms with Crippen LogP contribution in [0.2, 0.25) is 0 Å². The number of hydrogen-bond acceptors (Lipinski definition) is 2. The average Bonchev–Trinajstić information content (AvgIpc) is 2.36. The van der Waals surface area contributed by atoms with Gasteiger partial charge in [-0.25, -0.2) is 0 Å². The number of nitrogens with two attached hydrogens (primary N) is 1. The van der Waals surface area contributed by atoms with Crippen molar-refractivity contribution in [3.63, 3.8) is 0 Å². The van der Waals surface area contributed by atoms with Crippen LogP contribution in [0.15, 0.2) is 48.5 Å². The molecule has 1 aliphatic rings. The van der Waals surface area contributed by atoms with Gasteiger partial charge in [0.2, 0.25) is 0 Å². The summed E-state index contributed by atoms with van der Waals surface area (Å²) in [6.07, 6.45) is -0.605. The van der Waals surface area contributed by atoms with Crippen LogP contribution < -0.4 is 5.73 Å². The highest BCUT2D eigenvalue weighted by Gasteiger charge is 2.28. The van der Waals surface area contributed by atoms with E-state index in [2.05, 4.69) is 6.07 Å². The molecule has 2 aromatic rings. The number of aliphatic hydroxyl groups is 1. The maximum absolute atomic E-state index is 10.2. The molecule has 0 spiro atoms. The third kappa shape index (κ3) is 1.21. The standard InChI is InChI=1S/C14H13NO/c15-13-11-7-3-1-5-9(11)10-6-2-4-8-12(10)14(13)16/h1-8,13-14,16H,15H2/t13-,14-/m1/s1. The van der Waals surface area contributed by atoms with Gasteiger partial charge in [0.05, 0.1) is 12.1 Å². The first-order valence-electron chi connectivity index (χ1n) is 5.41. The van der Waals surface area contributed by atoms with Crippen molar-refractivity contribution in [1.82, 2.24) is 0 Å². The third-order valence-electron chi connectivity index (χ3n) is 3.23. The van der Waals surface area contributed by atoms with Gasteiger partial charge in [-0.1, -0.05) is 48.5 Å². The Kier molecular flexibility index (Phi) is 2.06. The van der Waals surface area contributed by atoms with Gasteiger partial charge in [0, 0.05) is 0 Å². The summed E-state index contributed by atoms with van der Waals surface area (Å²) in [5.74, 6) is 0. The summed E-state index contributed by atoms with van der Waals surface area (Å²) in [5, 5.41) is 10.2. The predicted octanol–water partition coefficient (Wildman–Crippen LogP) is 2.40. The summed E-state index contributed by atoms with van der Waals surface area (Å²) in [5.41, 5.74) is 10.2. The minimum Gasteiger partial charge on any atom is -0.386 e. The minimum atomic E-state index is -0.605. The molecule has 0 bridgehead atoms. The molecule has 3 N–H and O–H groups in total. The predicted molar refractivity (Wildman–Crippen MR) is 63.8 cm³/mol. The number of aliphatic hydroxyl groups excluding tert-OH is 1. The Bertz CT molecular complexity index is 486. The van der Waals surface area contributed by atoms with Crippen molar-refractivity contribution in [2.45, 2.75) is 12.1 Å². The molecule has 0 heterocycles. The molecule has 0 aromatic heterocycles. The highest BCUT2D eigenvalue weighted by Crippen LogP contribution is 2.42. The quantitative estimate of drug-likeness (QED) is 0.703. The molecular formula is C14H13NO. The summed E-state index contributed by atoms with van der Waals surface area (Å²) in [4.78, 5) is 0. The topological polar surface area (TPSA) is 46.2 Å². The molecule has 0 aliphatic heterocycles. The van der Waals surface area contributed by atoms with E-state index in [9.17, 15) is 5.11 Å². The first-order chi connectivity index (χ1) is 7.79. The Balaban J connectivity index is 2.33. The summed E-state index contributed by atoms with van der Waals surface area (Å²) < 4.78 is 0. The molecular weight excluding hydrogens is 198 g/mol. The minimum absolute atomic E-state index is 0.328. The van der Waals surface area contributed by atoms with E-state index in [1.165, 1.54) is 0 Å². The van der Waals surface area contributed by atoms with E-state index >= 15 is 0 Å². The lowest BCUT2D eigenvalue weighted by Gasteiger charge is -2.29. The molecule has 2 atom stereocenters. The van der Waals surface area contributed by atoms with Gasteiger partial charge in [-0.2, -0.15) is 0 Å². The van der Waals surface area contributed by atoms with Crippen molar-refractivity contribution >= 4 is 0 Å². The van der Waals surface area contributed by atoms with Crippen molar-refractivity contribution in [2.75, 3.05) is 0 Å². The second kappa shape index (κ2) is 3.44. The zero-order valence-electron chi connectivity index (χ0n) is 8.80. The fraction of sp³-hybridized carbons (Fsp3) is 0.143. The van der Waals surface area contributed by atoms with E-state index in [4.69, 9.17) is 5.73 Å². The Morgan fingerprint density at radius 2 is 1.31 bits per heavy atom. The molecule has 0 radical (unpaired) electrons. The molecule has 1 aliphatic carbocycles. The van der Waals surface area contributed by atoms with Gasteiger partial charge in [0.1, 0.15) is 0 Å². The van der Waals surface area contributed by atoms with E-state index in [0.29, 0.717) is 0 Å². The van der Waals surface area contributed by atoms with Crippen LogP contribution in [-0.2, 0) is 0 Å². The maximum Gasteiger partial charge on any atom is 0.0988 e. The van der Waals surface area contributed by atoms with Gasteiger partial charge >= 0.3 is 0 Å². The van der Waals surface area contributed by atoms with Gasteiger partial charge in [-0.05, 0) is 22.3 Å². The molecule has 0 saturated heterocycles. The molecule has 2 heteroatoms. The molecule has 2 aromatic carbocycles. The van der Waals surface area contributed by atoms with Crippen LogP contribution in [-0.4, -0.2) is 5.11 Å². The van der Waals surface area contributed by atoms with E-state index in [1.54, 1.807) is 0 Å². The fourth-order valence-electron chi connectivity index (χ4n) is 2.40. The summed E-state index contributed by atoms with van der Waals surface area (Å²) in [6.45, 7) is 0. The first kappa shape index (κ1) is 9.58. The van der Waals surface area contributed by atoms with Gasteiger partial charge in [-0.15, -0.1) is 0 Å². The third-order valence-corrected chi connectivity index (χ3v) is 3.23.